The highest BCUT2D eigenvalue weighted by molar-refractivity contribution is 9.10. The molecule has 0 aromatic heterocycles. The maximum Gasteiger partial charge on any atom is 0.329 e. The van der Waals surface area contributed by atoms with Gasteiger partial charge in [-0.3, -0.25) is 9.59 Å². The third-order valence-corrected chi connectivity index (χ3v) is 3.53. The van der Waals surface area contributed by atoms with Gasteiger partial charge in [0.2, 0.25) is 0 Å². The molecule has 0 heterocycles. The molecule has 2 amide bonds. The van der Waals surface area contributed by atoms with Gasteiger partial charge in [-0.1, -0.05) is 41.1 Å². The number of halogens is 1. The molecular formula is C18H18BrN3O3. The lowest BCUT2D eigenvalue weighted by atomic mass is 10.2. The second-order valence-corrected chi connectivity index (χ2v) is 5.97. The number of anilines is 1. The summed E-state index contributed by atoms with van der Waals surface area (Å²) in [4.78, 5) is 23.6. The monoisotopic (exact) mass is 403 g/mol. The lowest BCUT2D eigenvalue weighted by Crippen LogP contribution is -2.32. The first-order valence-corrected chi connectivity index (χ1v) is 8.51. The fraction of sp³-hybridized carbons (Fsp3) is 0.167. The maximum absolute atomic E-state index is 11.8. The van der Waals surface area contributed by atoms with E-state index in [9.17, 15) is 9.59 Å². The summed E-state index contributed by atoms with van der Waals surface area (Å²) in [6.45, 7) is 2.59. The smallest absolute Gasteiger partial charge is 0.329 e. The van der Waals surface area contributed by atoms with Gasteiger partial charge in [-0.2, -0.15) is 5.10 Å². The van der Waals surface area contributed by atoms with Crippen LogP contribution in [0.15, 0.2) is 58.1 Å². The summed E-state index contributed by atoms with van der Waals surface area (Å²) in [6, 6.07) is 14.2. The van der Waals surface area contributed by atoms with Gasteiger partial charge in [0.15, 0.2) is 0 Å². The number of nitrogens with zero attached hydrogens (tertiary/aromatic N) is 1. The number of benzene rings is 2. The molecule has 0 bridgehead atoms. The van der Waals surface area contributed by atoms with E-state index in [0.717, 1.165) is 10.9 Å². The molecule has 0 aliphatic heterocycles. The number of rotatable bonds is 6. The molecule has 2 rings (SSSR count). The van der Waals surface area contributed by atoms with Gasteiger partial charge in [-0.05, 0) is 36.8 Å². The summed E-state index contributed by atoms with van der Waals surface area (Å²) < 4.78 is 6.47. The van der Waals surface area contributed by atoms with Crippen LogP contribution in [0.5, 0.6) is 5.75 Å². The third kappa shape index (κ3) is 6.04. The summed E-state index contributed by atoms with van der Waals surface area (Å²) in [6.07, 6.45) is 2.31. The number of hydrogen-bond acceptors (Lipinski definition) is 4. The highest BCUT2D eigenvalue weighted by Gasteiger charge is 2.12. The first-order chi connectivity index (χ1) is 12.1. The van der Waals surface area contributed by atoms with Crippen molar-refractivity contribution in [2.45, 2.75) is 13.3 Å². The Morgan fingerprint density at radius 3 is 2.64 bits per heavy atom. The molecular weight excluding hydrogens is 386 g/mol. The van der Waals surface area contributed by atoms with Crippen molar-refractivity contribution in [3.63, 3.8) is 0 Å². The number of ether oxygens (including phenoxy) is 1. The van der Waals surface area contributed by atoms with Crippen molar-refractivity contribution in [1.29, 1.82) is 0 Å². The van der Waals surface area contributed by atoms with Gasteiger partial charge in [0, 0.05) is 15.7 Å². The average molecular weight is 404 g/mol. The predicted molar refractivity (Wildman–Crippen MR) is 101 cm³/mol. The highest BCUT2D eigenvalue weighted by Crippen LogP contribution is 2.21. The van der Waals surface area contributed by atoms with Crippen LogP contribution in [0.3, 0.4) is 0 Å². The van der Waals surface area contributed by atoms with E-state index >= 15 is 0 Å². The first-order valence-electron chi connectivity index (χ1n) is 7.72. The van der Waals surface area contributed by atoms with Crippen molar-refractivity contribution in [2.24, 2.45) is 5.10 Å². The normalized spacial score (nSPS) is 10.5. The molecule has 2 aromatic carbocycles. The zero-order chi connectivity index (χ0) is 18.1. The van der Waals surface area contributed by atoms with Crippen molar-refractivity contribution >= 4 is 39.6 Å². The molecule has 0 atom stereocenters. The minimum atomic E-state index is -0.855. The Morgan fingerprint density at radius 1 is 1.16 bits per heavy atom. The van der Waals surface area contributed by atoms with Gasteiger partial charge in [0.25, 0.3) is 0 Å². The number of hydrazone groups is 1. The fourth-order valence-electron chi connectivity index (χ4n) is 1.88. The number of carbonyl (C=O) groups is 2. The molecule has 0 saturated carbocycles. The molecule has 2 N–H and O–H groups in total. The predicted octanol–water partition coefficient (Wildman–Crippen LogP) is 3.33. The van der Waals surface area contributed by atoms with E-state index in [2.05, 4.69) is 31.8 Å². The largest absolute Gasteiger partial charge is 0.493 e. The zero-order valence-electron chi connectivity index (χ0n) is 13.7. The SMILES string of the molecule is CCCOc1ccc(Br)cc1/C=N\NC(=O)C(=O)Nc1ccccc1. The Bertz CT molecular complexity index is 763. The van der Waals surface area contributed by atoms with Crippen LogP contribution in [-0.2, 0) is 9.59 Å². The average Bonchev–Trinajstić information content (AvgIpc) is 2.61. The van der Waals surface area contributed by atoms with E-state index in [1.165, 1.54) is 6.21 Å². The minimum absolute atomic E-state index is 0.536. The number of carbonyl (C=O) groups excluding carboxylic acids is 2. The van der Waals surface area contributed by atoms with Gasteiger partial charge in [-0.15, -0.1) is 0 Å². The Morgan fingerprint density at radius 2 is 1.92 bits per heavy atom. The van der Waals surface area contributed by atoms with Gasteiger partial charge in [-0.25, -0.2) is 5.43 Å². The van der Waals surface area contributed by atoms with E-state index < -0.39 is 11.8 Å². The third-order valence-electron chi connectivity index (χ3n) is 3.04. The fourth-order valence-corrected chi connectivity index (χ4v) is 2.26. The van der Waals surface area contributed by atoms with Crippen LogP contribution in [0.4, 0.5) is 5.69 Å². The van der Waals surface area contributed by atoms with Crippen LogP contribution < -0.4 is 15.5 Å². The summed E-state index contributed by atoms with van der Waals surface area (Å²) in [7, 11) is 0. The van der Waals surface area contributed by atoms with Gasteiger partial charge in [0.05, 0.1) is 12.8 Å². The van der Waals surface area contributed by atoms with Gasteiger partial charge in [0.1, 0.15) is 5.75 Å². The number of amides is 2. The van der Waals surface area contributed by atoms with Crippen LogP contribution in [0.1, 0.15) is 18.9 Å². The quantitative estimate of drug-likeness (QED) is 0.441. The molecule has 7 heteroatoms. The lowest BCUT2D eigenvalue weighted by Gasteiger charge is -2.08. The molecule has 0 fully saturated rings. The summed E-state index contributed by atoms with van der Waals surface area (Å²) in [5.41, 5.74) is 3.42. The van der Waals surface area contributed by atoms with E-state index in [1.54, 1.807) is 24.3 Å². The second-order valence-electron chi connectivity index (χ2n) is 5.05. The molecule has 0 radical (unpaired) electrons. The van der Waals surface area contributed by atoms with Gasteiger partial charge >= 0.3 is 11.8 Å². The van der Waals surface area contributed by atoms with Crippen molar-refractivity contribution in [3.05, 3.63) is 58.6 Å². The summed E-state index contributed by atoms with van der Waals surface area (Å²) in [5, 5.41) is 6.31. The second kappa shape index (κ2) is 9.58. The number of para-hydroxylation sites is 1. The summed E-state index contributed by atoms with van der Waals surface area (Å²) >= 11 is 3.38. The summed E-state index contributed by atoms with van der Waals surface area (Å²) in [5.74, 6) is -0.997. The molecule has 0 unspecified atom stereocenters. The van der Waals surface area contributed by atoms with E-state index in [1.807, 2.05) is 31.2 Å². The standard InChI is InChI=1S/C18H18BrN3O3/c1-2-10-25-16-9-8-14(19)11-13(16)12-20-22-18(24)17(23)21-15-6-4-3-5-7-15/h3-9,11-12H,2,10H2,1H3,(H,21,23)(H,22,24)/b20-12-. The molecule has 0 aliphatic rings. The molecule has 6 nitrogen and oxygen atoms in total. The Balaban J connectivity index is 1.96. The van der Waals surface area contributed by atoms with Crippen molar-refractivity contribution in [1.82, 2.24) is 5.43 Å². The molecule has 0 saturated heterocycles. The zero-order valence-corrected chi connectivity index (χ0v) is 15.2. The van der Waals surface area contributed by atoms with Crippen molar-refractivity contribution < 1.29 is 14.3 Å². The van der Waals surface area contributed by atoms with Crippen LogP contribution >= 0.6 is 15.9 Å². The van der Waals surface area contributed by atoms with E-state index in [4.69, 9.17) is 4.74 Å². The lowest BCUT2D eigenvalue weighted by molar-refractivity contribution is -0.136. The van der Waals surface area contributed by atoms with E-state index in [-0.39, 0.29) is 0 Å². The number of nitrogens with one attached hydrogen (secondary N) is 2. The molecule has 130 valence electrons. The maximum atomic E-state index is 11.8. The minimum Gasteiger partial charge on any atom is -0.493 e. The molecule has 25 heavy (non-hydrogen) atoms. The molecule has 0 aliphatic carbocycles. The van der Waals surface area contributed by atoms with E-state index in [0.29, 0.717) is 23.6 Å². The van der Waals surface area contributed by atoms with Gasteiger partial charge < -0.3 is 10.1 Å². The van der Waals surface area contributed by atoms with Crippen molar-refractivity contribution in [3.8, 4) is 5.75 Å². The van der Waals surface area contributed by atoms with Crippen LogP contribution in [0.25, 0.3) is 0 Å². The molecule has 2 aromatic rings. The topological polar surface area (TPSA) is 79.8 Å². The van der Waals surface area contributed by atoms with Crippen LogP contribution in [-0.4, -0.2) is 24.6 Å². The Labute approximate surface area is 154 Å². The Hall–Kier alpha value is -2.67. The highest BCUT2D eigenvalue weighted by atomic mass is 79.9. The first kappa shape index (κ1) is 18.7. The number of hydrogen-bond donors (Lipinski definition) is 2. The Kier molecular flexibility index (Phi) is 7.16. The van der Waals surface area contributed by atoms with Crippen LogP contribution in [0.2, 0.25) is 0 Å². The van der Waals surface area contributed by atoms with Crippen LogP contribution in [0, 0.1) is 0 Å². The van der Waals surface area contributed by atoms with Crippen molar-refractivity contribution in [2.75, 3.05) is 11.9 Å². The molecule has 0 spiro atoms.